The normalized spacial score (nSPS) is 17.0. The summed E-state index contributed by atoms with van der Waals surface area (Å²) in [6.45, 7) is 2.89. The molecule has 2 N–H and O–H groups in total. The number of piperidine rings is 1. The van der Waals surface area contributed by atoms with Gasteiger partial charge in [0.25, 0.3) is 0 Å². The molecule has 1 saturated heterocycles. The van der Waals surface area contributed by atoms with E-state index in [0.29, 0.717) is 36.5 Å². The zero-order valence-corrected chi connectivity index (χ0v) is 13.5. The molecular formula is C15H20Cl2N2O2. The van der Waals surface area contributed by atoms with Gasteiger partial charge in [-0.15, -0.1) is 12.4 Å². The summed E-state index contributed by atoms with van der Waals surface area (Å²) >= 11 is 5.82. The molecule has 6 heteroatoms. The van der Waals surface area contributed by atoms with Gasteiger partial charge in [-0.3, -0.25) is 9.59 Å². The average molecular weight is 331 g/mol. The molecular weight excluding hydrogens is 311 g/mol. The molecule has 4 nitrogen and oxygen atoms in total. The standard InChI is InChI=1S/C15H19ClN2O2.ClH/c1-10(17)15(20)18-8-6-12(7-9-18)14(19)11-2-4-13(16)5-3-11;/h2-5,10,12H,6-9,17H2,1H3;1H/t10-;/m1./s1. The van der Waals surface area contributed by atoms with E-state index in [0.717, 1.165) is 0 Å². The van der Waals surface area contributed by atoms with Crippen LogP contribution in [-0.4, -0.2) is 35.7 Å². The predicted octanol–water partition coefficient (Wildman–Crippen LogP) is 2.53. The fourth-order valence-electron chi connectivity index (χ4n) is 2.50. The van der Waals surface area contributed by atoms with E-state index in [1.165, 1.54) is 0 Å². The lowest BCUT2D eigenvalue weighted by Gasteiger charge is -2.32. The molecule has 0 saturated carbocycles. The smallest absolute Gasteiger partial charge is 0.239 e. The van der Waals surface area contributed by atoms with Crippen LogP contribution in [0.25, 0.3) is 0 Å². The second-order valence-corrected chi connectivity index (χ2v) is 5.70. The fraction of sp³-hybridized carbons (Fsp3) is 0.467. The van der Waals surface area contributed by atoms with E-state index in [1.807, 2.05) is 0 Å². The van der Waals surface area contributed by atoms with E-state index in [2.05, 4.69) is 0 Å². The number of hydrogen-bond donors (Lipinski definition) is 1. The maximum absolute atomic E-state index is 12.4. The largest absolute Gasteiger partial charge is 0.341 e. The SMILES string of the molecule is C[C@@H](N)C(=O)N1CCC(C(=O)c2ccc(Cl)cc2)CC1.Cl. The van der Waals surface area contributed by atoms with Crippen molar-refractivity contribution in [2.24, 2.45) is 11.7 Å². The first-order valence-electron chi connectivity index (χ1n) is 6.83. The highest BCUT2D eigenvalue weighted by molar-refractivity contribution is 6.30. The van der Waals surface area contributed by atoms with E-state index < -0.39 is 6.04 Å². The van der Waals surface area contributed by atoms with Crippen molar-refractivity contribution in [2.75, 3.05) is 13.1 Å². The Morgan fingerprint density at radius 2 is 1.76 bits per heavy atom. The van der Waals surface area contributed by atoms with Crippen LogP contribution in [0.15, 0.2) is 24.3 Å². The molecule has 0 bridgehead atoms. The molecule has 1 aromatic carbocycles. The first kappa shape index (κ1) is 18.0. The maximum Gasteiger partial charge on any atom is 0.239 e. The molecule has 1 aromatic rings. The molecule has 0 unspecified atom stereocenters. The lowest BCUT2D eigenvalue weighted by molar-refractivity contribution is -0.133. The van der Waals surface area contributed by atoms with Crippen molar-refractivity contribution in [3.63, 3.8) is 0 Å². The first-order chi connectivity index (χ1) is 9.49. The zero-order chi connectivity index (χ0) is 14.7. The van der Waals surface area contributed by atoms with Crippen LogP contribution in [0.3, 0.4) is 0 Å². The van der Waals surface area contributed by atoms with Gasteiger partial charge >= 0.3 is 0 Å². The third-order valence-corrected chi connectivity index (χ3v) is 3.95. The highest BCUT2D eigenvalue weighted by atomic mass is 35.5. The molecule has 0 radical (unpaired) electrons. The van der Waals surface area contributed by atoms with E-state index >= 15 is 0 Å². The quantitative estimate of drug-likeness (QED) is 0.866. The van der Waals surface area contributed by atoms with Gasteiger partial charge in [-0.2, -0.15) is 0 Å². The number of amides is 1. The third-order valence-electron chi connectivity index (χ3n) is 3.70. The minimum absolute atomic E-state index is 0. The molecule has 1 aliphatic heterocycles. The lowest BCUT2D eigenvalue weighted by Crippen LogP contribution is -2.46. The van der Waals surface area contributed by atoms with Crippen molar-refractivity contribution in [3.8, 4) is 0 Å². The topological polar surface area (TPSA) is 63.4 Å². The Kier molecular flexibility index (Phi) is 6.65. The molecule has 116 valence electrons. The van der Waals surface area contributed by atoms with Crippen molar-refractivity contribution in [1.29, 1.82) is 0 Å². The first-order valence-corrected chi connectivity index (χ1v) is 7.21. The van der Waals surface area contributed by atoms with Crippen LogP contribution in [0.5, 0.6) is 0 Å². The second-order valence-electron chi connectivity index (χ2n) is 5.26. The number of ketones is 1. The van der Waals surface area contributed by atoms with Crippen LogP contribution < -0.4 is 5.73 Å². The van der Waals surface area contributed by atoms with Crippen molar-refractivity contribution in [1.82, 2.24) is 4.90 Å². The van der Waals surface area contributed by atoms with Crippen LogP contribution in [0.2, 0.25) is 5.02 Å². The number of likely N-dealkylation sites (tertiary alicyclic amines) is 1. The van der Waals surface area contributed by atoms with Crippen LogP contribution in [-0.2, 0) is 4.79 Å². The Labute approximate surface area is 136 Å². The minimum Gasteiger partial charge on any atom is -0.341 e. The Balaban J connectivity index is 0.00000220. The van der Waals surface area contributed by atoms with Crippen molar-refractivity contribution >= 4 is 35.7 Å². The molecule has 1 atom stereocenters. The monoisotopic (exact) mass is 330 g/mol. The Morgan fingerprint density at radius 3 is 2.24 bits per heavy atom. The van der Waals surface area contributed by atoms with Gasteiger partial charge in [-0.05, 0) is 44.0 Å². The van der Waals surface area contributed by atoms with Crippen LogP contribution in [0, 0.1) is 5.92 Å². The maximum atomic E-state index is 12.4. The Morgan fingerprint density at radius 1 is 1.24 bits per heavy atom. The molecule has 0 aromatic heterocycles. The lowest BCUT2D eigenvalue weighted by atomic mass is 9.89. The molecule has 21 heavy (non-hydrogen) atoms. The number of nitrogens with two attached hydrogens (primary N) is 1. The number of Topliss-reactive ketones (excluding diaryl/α,β-unsaturated/α-hetero) is 1. The Hall–Kier alpha value is -1.10. The van der Waals surface area contributed by atoms with E-state index in [-0.39, 0.29) is 30.0 Å². The highest BCUT2D eigenvalue weighted by Gasteiger charge is 2.28. The highest BCUT2D eigenvalue weighted by Crippen LogP contribution is 2.23. The molecule has 0 aliphatic carbocycles. The van der Waals surface area contributed by atoms with Gasteiger partial charge in [0.1, 0.15) is 0 Å². The number of carbonyl (C=O) groups excluding carboxylic acids is 2. The molecule has 1 fully saturated rings. The molecule has 1 amide bonds. The van der Waals surface area contributed by atoms with E-state index in [9.17, 15) is 9.59 Å². The zero-order valence-electron chi connectivity index (χ0n) is 11.9. The average Bonchev–Trinajstić information content (AvgIpc) is 2.46. The summed E-state index contributed by atoms with van der Waals surface area (Å²) in [6, 6.07) is 6.49. The number of nitrogens with zero attached hydrogens (tertiary/aromatic N) is 1. The van der Waals surface area contributed by atoms with Crippen LogP contribution >= 0.6 is 24.0 Å². The minimum atomic E-state index is -0.474. The summed E-state index contributed by atoms with van der Waals surface area (Å²) in [7, 11) is 0. The van der Waals surface area contributed by atoms with Gasteiger partial charge in [-0.1, -0.05) is 11.6 Å². The second kappa shape index (κ2) is 7.78. The molecule has 2 rings (SSSR count). The summed E-state index contributed by atoms with van der Waals surface area (Å²) in [6.07, 6.45) is 1.39. The fourth-order valence-corrected chi connectivity index (χ4v) is 2.63. The summed E-state index contributed by atoms with van der Waals surface area (Å²) < 4.78 is 0. The van der Waals surface area contributed by atoms with Gasteiger partial charge in [0, 0.05) is 29.6 Å². The summed E-state index contributed by atoms with van der Waals surface area (Å²) in [5, 5.41) is 0.624. The number of rotatable bonds is 3. The van der Waals surface area contributed by atoms with Crippen LogP contribution in [0.1, 0.15) is 30.1 Å². The van der Waals surface area contributed by atoms with E-state index in [4.69, 9.17) is 17.3 Å². The number of carbonyl (C=O) groups is 2. The van der Waals surface area contributed by atoms with Gasteiger partial charge in [0.15, 0.2) is 5.78 Å². The van der Waals surface area contributed by atoms with Gasteiger partial charge in [-0.25, -0.2) is 0 Å². The van der Waals surface area contributed by atoms with Crippen molar-refractivity contribution in [2.45, 2.75) is 25.8 Å². The predicted molar refractivity (Wildman–Crippen MR) is 86.0 cm³/mol. The summed E-state index contributed by atoms with van der Waals surface area (Å²) in [5.74, 6) is 0.0743. The number of benzene rings is 1. The third kappa shape index (κ3) is 4.43. The van der Waals surface area contributed by atoms with E-state index in [1.54, 1.807) is 36.1 Å². The molecule has 0 spiro atoms. The van der Waals surface area contributed by atoms with Crippen LogP contribution in [0.4, 0.5) is 0 Å². The number of halogens is 2. The number of hydrogen-bond acceptors (Lipinski definition) is 3. The van der Waals surface area contributed by atoms with Gasteiger partial charge in [0.05, 0.1) is 6.04 Å². The van der Waals surface area contributed by atoms with Gasteiger partial charge in [0.2, 0.25) is 5.91 Å². The summed E-state index contributed by atoms with van der Waals surface area (Å²) in [4.78, 5) is 25.9. The van der Waals surface area contributed by atoms with Gasteiger partial charge < -0.3 is 10.6 Å². The summed E-state index contributed by atoms with van der Waals surface area (Å²) in [5.41, 5.74) is 6.28. The van der Waals surface area contributed by atoms with Crippen molar-refractivity contribution < 1.29 is 9.59 Å². The Bertz CT molecular complexity index is 495. The molecule has 1 aliphatic rings. The van der Waals surface area contributed by atoms with Crippen molar-refractivity contribution in [3.05, 3.63) is 34.9 Å². The molecule has 1 heterocycles.